The van der Waals surface area contributed by atoms with E-state index in [2.05, 4.69) is 20.8 Å². The summed E-state index contributed by atoms with van der Waals surface area (Å²) >= 11 is 5.97. The first-order valence-corrected chi connectivity index (χ1v) is 9.50. The summed E-state index contributed by atoms with van der Waals surface area (Å²) in [6.45, 7) is 1.55. The van der Waals surface area contributed by atoms with Gasteiger partial charge in [-0.3, -0.25) is 9.59 Å². The number of benzene rings is 1. The Morgan fingerprint density at radius 2 is 1.89 bits per heavy atom. The fourth-order valence-electron chi connectivity index (χ4n) is 4.36. The third-order valence-electron chi connectivity index (χ3n) is 6.06. The van der Waals surface area contributed by atoms with Crippen LogP contribution >= 0.6 is 11.6 Å². The molecule has 2 heterocycles. The largest absolute Gasteiger partial charge is 0.351 e. The Morgan fingerprint density at radius 3 is 2.48 bits per heavy atom. The molecule has 2 amide bonds. The molecule has 1 aromatic heterocycles. The highest BCUT2D eigenvalue weighted by Gasteiger charge is 2.61. The van der Waals surface area contributed by atoms with Crippen molar-refractivity contribution in [3.05, 3.63) is 41.2 Å². The molecule has 0 radical (unpaired) electrons. The van der Waals surface area contributed by atoms with Crippen LogP contribution in [0.2, 0.25) is 5.02 Å². The number of hydrogen-bond donors (Lipinski definition) is 1. The summed E-state index contributed by atoms with van der Waals surface area (Å²) in [6, 6.07) is 7.78. The lowest BCUT2D eigenvalue weighted by molar-refractivity contribution is -0.133. The number of rotatable bonds is 5. The average molecular weight is 387 g/mol. The molecule has 1 aliphatic heterocycles. The van der Waals surface area contributed by atoms with Gasteiger partial charge in [0.2, 0.25) is 11.8 Å². The third-order valence-corrected chi connectivity index (χ3v) is 6.31. The SMILES string of the molecule is O=C(Cn1cnnn1)NC1[C@H]2CN(C(=O)C3(c4ccc(Cl)cc4)CC3)C[C@@H]12. The third kappa shape index (κ3) is 2.88. The number of nitrogens with zero attached hydrogens (tertiary/aromatic N) is 5. The number of nitrogens with one attached hydrogen (secondary N) is 1. The molecule has 27 heavy (non-hydrogen) atoms. The second-order valence-corrected chi connectivity index (χ2v) is 8.16. The predicted molar refractivity (Wildman–Crippen MR) is 95.7 cm³/mol. The molecule has 1 unspecified atom stereocenters. The first kappa shape index (κ1) is 16.7. The van der Waals surface area contributed by atoms with E-state index in [9.17, 15) is 9.59 Å². The Morgan fingerprint density at radius 1 is 1.19 bits per heavy atom. The van der Waals surface area contributed by atoms with E-state index in [1.807, 2.05) is 29.2 Å². The van der Waals surface area contributed by atoms with Crippen LogP contribution in [0.3, 0.4) is 0 Å². The second-order valence-electron chi connectivity index (χ2n) is 7.73. The number of fused-ring (bicyclic) bond motifs is 1. The van der Waals surface area contributed by atoms with Crippen molar-refractivity contribution in [1.29, 1.82) is 0 Å². The molecule has 3 atom stereocenters. The van der Waals surface area contributed by atoms with Gasteiger partial charge in [0.15, 0.2) is 0 Å². The maximum Gasteiger partial charge on any atom is 0.242 e. The van der Waals surface area contributed by atoms with E-state index >= 15 is 0 Å². The number of tetrazole rings is 1. The van der Waals surface area contributed by atoms with Crippen molar-refractivity contribution >= 4 is 23.4 Å². The van der Waals surface area contributed by atoms with Gasteiger partial charge >= 0.3 is 0 Å². The summed E-state index contributed by atoms with van der Waals surface area (Å²) < 4.78 is 1.40. The van der Waals surface area contributed by atoms with E-state index in [4.69, 9.17) is 11.6 Å². The van der Waals surface area contributed by atoms with Gasteiger partial charge in [-0.2, -0.15) is 0 Å². The highest BCUT2D eigenvalue weighted by molar-refractivity contribution is 6.30. The smallest absolute Gasteiger partial charge is 0.242 e. The molecule has 2 aliphatic carbocycles. The van der Waals surface area contributed by atoms with Gasteiger partial charge < -0.3 is 10.2 Å². The molecule has 2 aromatic rings. The van der Waals surface area contributed by atoms with Gasteiger partial charge in [0.25, 0.3) is 0 Å². The van der Waals surface area contributed by atoms with Crippen LogP contribution < -0.4 is 5.32 Å². The van der Waals surface area contributed by atoms with Crippen LogP contribution in [0.5, 0.6) is 0 Å². The van der Waals surface area contributed by atoms with Crippen molar-refractivity contribution in [2.24, 2.45) is 11.8 Å². The van der Waals surface area contributed by atoms with E-state index in [0.29, 0.717) is 29.9 Å². The van der Waals surface area contributed by atoms with Gasteiger partial charge in [0.1, 0.15) is 12.9 Å². The van der Waals surface area contributed by atoms with Gasteiger partial charge in [-0.05, 0) is 41.0 Å². The fourth-order valence-corrected chi connectivity index (χ4v) is 4.49. The van der Waals surface area contributed by atoms with Crippen molar-refractivity contribution in [1.82, 2.24) is 30.4 Å². The van der Waals surface area contributed by atoms with Crippen molar-refractivity contribution < 1.29 is 9.59 Å². The molecule has 2 saturated carbocycles. The van der Waals surface area contributed by atoms with E-state index < -0.39 is 0 Å². The zero-order valence-corrected chi connectivity index (χ0v) is 15.3. The Bertz CT molecular complexity index is 868. The molecular weight excluding hydrogens is 368 g/mol. The van der Waals surface area contributed by atoms with Crippen molar-refractivity contribution in [2.45, 2.75) is 30.8 Å². The van der Waals surface area contributed by atoms with Crippen LogP contribution in [0.4, 0.5) is 0 Å². The number of carbonyl (C=O) groups is 2. The lowest BCUT2D eigenvalue weighted by atomic mass is 9.94. The number of halogens is 1. The molecule has 140 valence electrons. The zero-order chi connectivity index (χ0) is 18.6. The van der Waals surface area contributed by atoms with Crippen LogP contribution in [0, 0.1) is 11.8 Å². The monoisotopic (exact) mass is 386 g/mol. The first-order chi connectivity index (χ1) is 13.1. The molecule has 3 fully saturated rings. The van der Waals surface area contributed by atoms with Crippen molar-refractivity contribution in [3.63, 3.8) is 0 Å². The van der Waals surface area contributed by atoms with Crippen LogP contribution in [-0.2, 0) is 21.5 Å². The Hall–Kier alpha value is -2.48. The zero-order valence-electron chi connectivity index (χ0n) is 14.6. The molecular formula is C18H19ClN6O2. The summed E-state index contributed by atoms with van der Waals surface area (Å²) in [6.07, 6.45) is 3.20. The van der Waals surface area contributed by atoms with Crippen LogP contribution in [0.25, 0.3) is 0 Å². The average Bonchev–Trinajstić information content (AvgIpc) is 3.42. The summed E-state index contributed by atoms with van der Waals surface area (Å²) in [7, 11) is 0. The van der Waals surface area contributed by atoms with Crippen LogP contribution in [-0.4, -0.2) is 56.1 Å². The molecule has 9 heteroatoms. The van der Waals surface area contributed by atoms with Gasteiger partial charge in [-0.15, -0.1) is 5.10 Å². The molecule has 1 saturated heterocycles. The maximum absolute atomic E-state index is 13.1. The summed E-state index contributed by atoms with van der Waals surface area (Å²) in [5.41, 5.74) is 0.698. The number of likely N-dealkylation sites (tertiary alicyclic amines) is 1. The molecule has 0 spiro atoms. The molecule has 8 nitrogen and oxygen atoms in total. The van der Waals surface area contributed by atoms with Crippen LogP contribution in [0.1, 0.15) is 18.4 Å². The summed E-state index contributed by atoms with van der Waals surface area (Å²) in [5, 5.41) is 14.4. The lowest BCUT2D eigenvalue weighted by Gasteiger charge is -2.26. The van der Waals surface area contributed by atoms with Gasteiger partial charge in [-0.25, -0.2) is 4.68 Å². The van der Waals surface area contributed by atoms with E-state index in [-0.39, 0.29) is 29.8 Å². The lowest BCUT2D eigenvalue weighted by Crippen LogP contribution is -2.42. The molecule has 1 N–H and O–H groups in total. The highest BCUT2D eigenvalue weighted by atomic mass is 35.5. The first-order valence-electron chi connectivity index (χ1n) is 9.12. The topological polar surface area (TPSA) is 93.0 Å². The molecule has 1 aromatic carbocycles. The maximum atomic E-state index is 13.1. The standard InChI is InChI=1S/C18H19ClN6O2/c19-12-3-1-11(2-4-12)18(5-6-18)17(27)24-7-13-14(8-24)16(13)21-15(26)9-25-10-20-22-23-25/h1-4,10,13-14,16H,5-9H2,(H,21,26)/t13-,14+,16?. The minimum atomic E-state index is -0.361. The van der Waals surface area contributed by atoms with E-state index in [1.165, 1.54) is 11.0 Å². The van der Waals surface area contributed by atoms with Gasteiger partial charge in [-0.1, -0.05) is 23.7 Å². The summed E-state index contributed by atoms with van der Waals surface area (Å²) in [4.78, 5) is 27.1. The highest BCUT2D eigenvalue weighted by Crippen LogP contribution is 2.53. The van der Waals surface area contributed by atoms with Crippen LogP contribution in [0.15, 0.2) is 30.6 Å². The Kier molecular flexibility index (Phi) is 3.72. The number of hydrogen-bond acceptors (Lipinski definition) is 5. The Balaban J connectivity index is 1.17. The Labute approximate surface area is 160 Å². The van der Waals surface area contributed by atoms with Crippen molar-refractivity contribution in [2.75, 3.05) is 13.1 Å². The van der Waals surface area contributed by atoms with E-state index in [0.717, 1.165) is 18.4 Å². The predicted octanol–water partition coefficient (Wildman–Crippen LogP) is 0.631. The number of piperidine rings is 1. The molecule has 5 rings (SSSR count). The molecule has 3 aliphatic rings. The minimum Gasteiger partial charge on any atom is -0.351 e. The summed E-state index contributed by atoms with van der Waals surface area (Å²) in [5.74, 6) is 0.829. The van der Waals surface area contributed by atoms with Gasteiger partial charge in [0.05, 0.1) is 5.41 Å². The van der Waals surface area contributed by atoms with Gasteiger partial charge in [0, 0.05) is 36.0 Å². The van der Waals surface area contributed by atoms with Crippen molar-refractivity contribution in [3.8, 4) is 0 Å². The number of aromatic nitrogens is 4. The quantitative estimate of drug-likeness (QED) is 0.813. The second kappa shape index (κ2) is 6.02. The number of amides is 2. The fraction of sp³-hybridized carbons (Fsp3) is 0.500. The normalized spacial score (nSPS) is 27.1. The number of carbonyl (C=O) groups excluding carboxylic acids is 2. The van der Waals surface area contributed by atoms with E-state index in [1.54, 1.807) is 0 Å². The molecule has 0 bridgehead atoms. The minimum absolute atomic E-state index is 0.0978.